The molecule has 1 amide bonds. The predicted octanol–water partition coefficient (Wildman–Crippen LogP) is 4.49. The molecule has 1 N–H and O–H groups in total. The number of anilines is 1. The lowest BCUT2D eigenvalue weighted by molar-refractivity contribution is 0.0755. The van der Waals surface area contributed by atoms with Gasteiger partial charge in [-0.15, -0.1) is 0 Å². The van der Waals surface area contributed by atoms with E-state index in [1.807, 2.05) is 17.0 Å². The van der Waals surface area contributed by atoms with Crippen molar-refractivity contribution in [3.8, 4) is 5.75 Å². The minimum absolute atomic E-state index is 0.00374. The van der Waals surface area contributed by atoms with Gasteiger partial charge in [0.1, 0.15) is 12.4 Å². The van der Waals surface area contributed by atoms with Crippen molar-refractivity contribution in [1.82, 2.24) is 9.88 Å². The lowest BCUT2D eigenvalue weighted by Crippen LogP contribution is -2.32. The lowest BCUT2D eigenvalue weighted by atomic mass is 10.1. The normalized spacial score (nSPS) is 10.4. The van der Waals surface area contributed by atoms with Gasteiger partial charge in [0.15, 0.2) is 0 Å². The van der Waals surface area contributed by atoms with Gasteiger partial charge in [-0.2, -0.15) is 0 Å². The SMILES string of the molecule is CCCN(CCC)C(=O)c1cc(Cl)cc(OCCNc2ccncc2)c1. The highest BCUT2D eigenvalue weighted by atomic mass is 35.5. The van der Waals surface area contributed by atoms with Gasteiger partial charge >= 0.3 is 0 Å². The third-order valence-electron chi connectivity index (χ3n) is 3.77. The van der Waals surface area contributed by atoms with Crippen molar-refractivity contribution in [2.75, 3.05) is 31.6 Å². The molecular formula is C20H26ClN3O2. The van der Waals surface area contributed by atoms with Crippen LogP contribution in [0.2, 0.25) is 5.02 Å². The average molecular weight is 376 g/mol. The Hall–Kier alpha value is -2.27. The number of hydrogen-bond acceptors (Lipinski definition) is 4. The van der Waals surface area contributed by atoms with Crippen LogP contribution < -0.4 is 10.1 Å². The van der Waals surface area contributed by atoms with Crippen LogP contribution in [0.15, 0.2) is 42.7 Å². The summed E-state index contributed by atoms with van der Waals surface area (Å²) in [6.07, 6.45) is 5.32. The molecule has 1 aromatic carbocycles. The molecule has 0 atom stereocenters. The van der Waals surface area contributed by atoms with E-state index in [4.69, 9.17) is 16.3 Å². The zero-order chi connectivity index (χ0) is 18.8. The average Bonchev–Trinajstić information content (AvgIpc) is 2.65. The first-order valence-electron chi connectivity index (χ1n) is 9.00. The van der Waals surface area contributed by atoms with Gasteiger partial charge in [0.05, 0.1) is 0 Å². The second-order valence-corrected chi connectivity index (χ2v) is 6.42. The highest BCUT2D eigenvalue weighted by molar-refractivity contribution is 6.31. The van der Waals surface area contributed by atoms with Gasteiger partial charge in [-0.05, 0) is 43.2 Å². The number of rotatable bonds is 10. The number of halogens is 1. The largest absolute Gasteiger partial charge is 0.492 e. The minimum Gasteiger partial charge on any atom is -0.492 e. The molecule has 2 rings (SSSR count). The van der Waals surface area contributed by atoms with E-state index in [0.717, 1.165) is 31.6 Å². The number of carbonyl (C=O) groups is 1. The fourth-order valence-corrected chi connectivity index (χ4v) is 2.87. The summed E-state index contributed by atoms with van der Waals surface area (Å²) < 4.78 is 5.77. The van der Waals surface area contributed by atoms with Crippen molar-refractivity contribution in [3.63, 3.8) is 0 Å². The number of benzene rings is 1. The maximum absolute atomic E-state index is 12.7. The zero-order valence-corrected chi connectivity index (χ0v) is 16.1. The second-order valence-electron chi connectivity index (χ2n) is 5.98. The summed E-state index contributed by atoms with van der Waals surface area (Å²) in [5.74, 6) is 0.598. The molecule has 1 heterocycles. The summed E-state index contributed by atoms with van der Waals surface area (Å²) in [5.41, 5.74) is 1.55. The zero-order valence-electron chi connectivity index (χ0n) is 15.4. The number of nitrogens with zero attached hydrogens (tertiary/aromatic N) is 2. The number of amides is 1. The summed E-state index contributed by atoms with van der Waals surface area (Å²) in [6.45, 7) is 6.72. The minimum atomic E-state index is -0.00374. The quantitative estimate of drug-likeness (QED) is 0.622. The molecule has 2 aromatic rings. The first-order chi connectivity index (χ1) is 12.6. The van der Waals surface area contributed by atoms with E-state index >= 15 is 0 Å². The summed E-state index contributed by atoms with van der Waals surface area (Å²) in [6, 6.07) is 8.98. The van der Waals surface area contributed by atoms with Gasteiger partial charge in [-0.3, -0.25) is 9.78 Å². The van der Waals surface area contributed by atoms with E-state index in [9.17, 15) is 4.79 Å². The number of nitrogens with one attached hydrogen (secondary N) is 1. The van der Waals surface area contributed by atoms with Crippen molar-refractivity contribution >= 4 is 23.2 Å². The number of ether oxygens (including phenoxy) is 1. The Balaban J connectivity index is 1.96. The van der Waals surface area contributed by atoms with Gasteiger partial charge in [-0.25, -0.2) is 0 Å². The van der Waals surface area contributed by atoms with Crippen molar-refractivity contribution in [3.05, 3.63) is 53.3 Å². The van der Waals surface area contributed by atoms with Crippen LogP contribution in [0.4, 0.5) is 5.69 Å². The number of aromatic nitrogens is 1. The van der Waals surface area contributed by atoms with E-state index in [-0.39, 0.29) is 5.91 Å². The van der Waals surface area contributed by atoms with E-state index in [1.165, 1.54) is 0 Å². The van der Waals surface area contributed by atoms with Crippen LogP contribution in [-0.4, -0.2) is 42.0 Å². The summed E-state index contributed by atoms with van der Waals surface area (Å²) in [7, 11) is 0. The summed E-state index contributed by atoms with van der Waals surface area (Å²) >= 11 is 6.19. The number of pyridine rings is 1. The molecule has 0 fully saturated rings. The number of carbonyl (C=O) groups excluding carboxylic acids is 1. The third kappa shape index (κ3) is 6.23. The van der Waals surface area contributed by atoms with Gasteiger partial charge in [0.25, 0.3) is 5.91 Å². The maximum Gasteiger partial charge on any atom is 0.254 e. The topological polar surface area (TPSA) is 54.5 Å². The fourth-order valence-electron chi connectivity index (χ4n) is 2.64. The fraction of sp³-hybridized carbons (Fsp3) is 0.400. The van der Waals surface area contributed by atoms with E-state index in [2.05, 4.69) is 24.1 Å². The molecule has 6 heteroatoms. The van der Waals surface area contributed by atoms with Crippen LogP contribution in [0.5, 0.6) is 5.75 Å². The van der Waals surface area contributed by atoms with Gasteiger partial charge in [-0.1, -0.05) is 25.4 Å². The van der Waals surface area contributed by atoms with E-state index in [0.29, 0.717) is 29.5 Å². The van der Waals surface area contributed by atoms with E-state index in [1.54, 1.807) is 30.6 Å². The molecule has 0 radical (unpaired) electrons. The van der Waals surface area contributed by atoms with Crippen LogP contribution >= 0.6 is 11.6 Å². The Morgan fingerprint density at radius 1 is 1.15 bits per heavy atom. The molecule has 0 aliphatic carbocycles. The Morgan fingerprint density at radius 2 is 1.85 bits per heavy atom. The van der Waals surface area contributed by atoms with E-state index < -0.39 is 0 Å². The van der Waals surface area contributed by atoms with Crippen molar-refractivity contribution in [2.24, 2.45) is 0 Å². The first kappa shape index (κ1) is 20.0. The Labute approximate surface area is 160 Å². The highest BCUT2D eigenvalue weighted by Gasteiger charge is 2.16. The lowest BCUT2D eigenvalue weighted by Gasteiger charge is -2.22. The van der Waals surface area contributed by atoms with Crippen molar-refractivity contribution < 1.29 is 9.53 Å². The predicted molar refractivity (Wildman–Crippen MR) is 106 cm³/mol. The molecular weight excluding hydrogens is 350 g/mol. The Morgan fingerprint density at radius 3 is 2.50 bits per heavy atom. The van der Waals surface area contributed by atoms with Crippen LogP contribution in [0.25, 0.3) is 0 Å². The molecule has 0 unspecified atom stereocenters. The van der Waals surface area contributed by atoms with Gasteiger partial charge in [0.2, 0.25) is 0 Å². The summed E-state index contributed by atoms with van der Waals surface area (Å²) in [4.78, 5) is 18.6. The molecule has 140 valence electrons. The van der Waals surface area contributed by atoms with Crippen molar-refractivity contribution in [2.45, 2.75) is 26.7 Å². The molecule has 0 aliphatic heterocycles. The molecule has 1 aromatic heterocycles. The second kappa shape index (κ2) is 10.7. The highest BCUT2D eigenvalue weighted by Crippen LogP contribution is 2.22. The standard InChI is InChI=1S/C20H26ClN3O2/c1-3-10-24(11-4-2)20(25)16-13-17(21)15-19(14-16)26-12-9-23-18-5-7-22-8-6-18/h5-8,13-15H,3-4,9-12H2,1-2H3,(H,22,23). The molecule has 0 spiro atoms. The maximum atomic E-state index is 12.7. The van der Waals surface area contributed by atoms with Crippen LogP contribution in [0.1, 0.15) is 37.0 Å². The third-order valence-corrected chi connectivity index (χ3v) is 3.99. The van der Waals surface area contributed by atoms with Crippen LogP contribution in [0.3, 0.4) is 0 Å². The van der Waals surface area contributed by atoms with Gasteiger partial charge in [0, 0.05) is 48.3 Å². The van der Waals surface area contributed by atoms with Gasteiger partial charge < -0.3 is 15.0 Å². The Kier molecular flexibility index (Phi) is 8.22. The molecule has 26 heavy (non-hydrogen) atoms. The molecule has 0 saturated carbocycles. The Bertz CT molecular complexity index is 689. The van der Waals surface area contributed by atoms with Crippen LogP contribution in [-0.2, 0) is 0 Å². The van der Waals surface area contributed by atoms with Crippen molar-refractivity contribution in [1.29, 1.82) is 0 Å². The first-order valence-corrected chi connectivity index (χ1v) is 9.38. The molecule has 0 bridgehead atoms. The monoisotopic (exact) mass is 375 g/mol. The smallest absolute Gasteiger partial charge is 0.254 e. The van der Waals surface area contributed by atoms with Crippen LogP contribution in [0, 0.1) is 0 Å². The summed E-state index contributed by atoms with van der Waals surface area (Å²) in [5, 5.41) is 3.75. The number of hydrogen-bond donors (Lipinski definition) is 1. The molecule has 0 aliphatic rings. The molecule has 5 nitrogen and oxygen atoms in total. The molecule has 0 saturated heterocycles.